The van der Waals surface area contributed by atoms with Crippen LogP contribution >= 0.6 is 12.4 Å². The Morgan fingerprint density at radius 2 is 1.75 bits per heavy atom. The molecular weight excluding hydrogens is 426 g/mol. The molecule has 6 nitrogen and oxygen atoms in total. The van der Waals surface area contributed by atoms with Crippen molar-refractivity contribution in [3.8, 4) is 0 Å². The number of rotatable bonds is 5. The van der Waals surface area contributed by atoms with E-state index in [-0.39, 0.29) is 36.4 Å². The number of aliphatic carboxylic acids is 1. The van der Waals surface area contributed by atoms with Crippen LogP contribution in [0, 0.1) is 5.92 Å². The molecule has 2 heterocycles. The van der Waals surface area contributed by atoms with E-state index in [2.05, 4.69) is 48.9 Å². The molecule has 3 aliphatic rings. The summed E-state index contributed by atoms with van der Waals surface area (Å²) in [6, 6.07) is 6.98. The Hall–Kier alpha value is -1.79. The number of hydrogen-bond acceptors (Lipinski definition) is 3. The Labute approximate surface area is 198 Å². The molecule has 1 aliphatic carbocycles. The maximum atomic E-state index is 13.6. The van der Waals surface area contributed by atoms with Crippen LogP contribution in [-0.2, 0) is 17.6 Å². The Kier molecular flexibility index (Phi) is 7.77. The van der Waals surface area contributed by atoms with Gasteiger partial charge in [0.15, 0.2) is 0 Å². The van der Waals surface area contributed by atoms with Crippen LogP contribution in [0.5, 0.6) is 0 Å². The summed E-state index contributed by atoms with van der Waals surface area (Å²) in [5.74, 6) is -0.229. The molecule has 4 rings (SSSR count). The molecule has 1 N–H and O–H groups in total. The molecule has 178 valence electrons. The third kappa shape index (κ3) is 5.23. The number of likely N-dealkylation sites (N-methyl/N-ethyl adjacent to an activating group) is 1. The van der Waals surface area contributed by atoms with Gasteiger partial charge in [-0.25, -0.2) is 4.79 Å². The summed E-state index contributed by atoms with van der Waals surface area (Å²) in [5, 5.41) is 8.95. The van der Waals surface area contributed by atoms with E-state index in [9.17, 15) is 9.59 Å². The lowest BCUT2D eigenvalue weighted by molar-refractivity contribution is -0.137. The van der Waals surface area contributed by atoms with Crippen LogP contribution in [0.25, 0.3) is 0 Å². The number of nitrogens with zero attached hydrogens (tertiary/aromatic N) is 3. The van der Waals surface area contributed by atoms with E-state index in [1.807, 2.05) is 4.90 Å². The summed E-state index contributed by atoms with van der Waals surface area (Å²) < 4.78 is 0. The first kappa shape index (κ1) is 24.8. The number of hydrogen-bond donors (Lipinski definition) is 1. The van der Waals surface area contributed by atoms with Crippen LogP contribution in [0.15, 0.2) is 18.2 Å². The molecule has 1 aromatic rings. The van der Waals surface area contributed by atoms with E-state index in [0.29, 0.717) is 12.5 Å². The Morgan fingerprint density at radius 1 is 1.09 bits per heavy atom. The van der Waals surface area contributed by atoms with Crippen molar-refractivity contribution in [2.75, 3.05) is 31.6 Å². The molecule has 0 radical (unpaired) electrons. The van der Waals surface area contributed by atoms with Gasteiger partial charge in [-0.2, -0.15) is 0 Å². The van der Waals surface area contributed by atoms with Crippen LogP contribution in [0.4, 0.5) is 10.5 Å². The molecule has 0 spiro atoms. The number of carbonyl (C=O) groups is 2. The topological polar surface area (TPSA) is 64.1 Å². The van der Waals surface area contributed by atoms with Gasteiger partial charge in [-0.05, 0) is 95.0 Å². The third-order valence-corrected chi connectivity index (χ3v) is 7.61. The minimum absolute atomic E-state index is 0. The van der Waals surface area contributed by atoms with Gasteiger partial charge in [0.2, 0.25) is 0 Å². The number of amides is 2. The molecule has 7 heteroatoms. The van der Waals surface area contributed by atoms with Gasteiger partial charge < -0.3 is 14.9 Å². The van der Waals surface area contributed by atoms with Crippen LogP contribution in [-0.4, -0.2) is 65.2 Å². The predicted molar refractivity (Wildman–Crippen MR) is 130 cm³/mol. The molecule has 1 aromatic carbocycles. The summed E-state index contributed by atoms with van der Waals surface area (Å²) in [6.45, 7) is 7.22. The van der Waals surface area contributed by atoms with E-state index < -0.39 is 5.97 Å². The van der Waals surface area contributed by atoms with E-state index in [4.69, 9.17) is 5.11 Å². The van der Waals surface area contributed by atoms with Gasteiger partial charge >= 0.3 is 12.0 Å². The highest BCUT2D eigenvalue weighted by Gasteiger charge is 2.47. The second-order valence-electron chi connectivity index (χ2n) is 10.4. The van der Waals surface area contributed by atoms with Gasteiger partial charge in [0, 0.05) is 31.2 Å². The molecule has 2 aliphatic heterocycles. The summed E-state index contributed by atoms with van der Waals surface area (Å²) in [6.07, 6.45) is 7.11. The number of carboxylic acid groups (broad SMARTS) is 1. The monoisotopic (exact) mass is 463 g/mol. The average molecular weight is 464 g/mol. The van der Waals surface area contributed by atoms with Crippen molar-refractivity contribution in [3.05, 3.63) is 29.3 Å². The molecule has 0 atom stereocenters. The van der Waals surface area contributed by atoms with Crippen molar-refractivity contribution in [2.24, 2.45) is 5.92 Å². The first-order valence-electron chi connectivity index (χ1n) is 11.9. The number of fused-ring (bicyclic) bond motifs is 1. The first-order valence-corrected chi connectivity index (χ1v) is 11.9. The smallest absolute Gasteiger partial charge is 0.325 e. The number of carbonyl (C=O) groups excluding carboxylic acids is 1. The van der Waals surface area contributed by atoms with Crippen LogP contribution in [0.1, 0.15) is 63.5 Å². The zero-order valence-electron chi connectivity index (χ0n) is 19.7. The summed E-state index contributed by atoms with van der Waals surface area (Å²) in [4.78, 5) is 30.9. The second-order valence-corrected chi connectivity index (χ2v) is 10.4. The van der Waals surface area contributed by atoms with Crippen LogP contribution in [0.3, 0.4) is 0 Å². The minimum atomic E-state index is -0.707. The van der Waals surface area contributed by atoms with E-state index in [0.717, 1.165) is 63.7 Å². The quantitative estimate of drug-likeness (QED) is 0.694. The Morgan fingerprint density at radius 3 is 2.41 bits per heavy atom. The number of benzene rings is 1. The van der Waals surface area contributed by atoms with Crippen LogP contribution in [0.2, 0.25) is 0 Å². The highest BCUT2D eigenvalue weighted by Crippen LogP contribution is 2.39. The first-order chi connectivity index (χ1) is 14.7. The zero-order valence-corrected chi connectivity index (χ0v) is 20.5. The van der Waals surface area contributed by atoms with Gasteiger partial charge in [0.1, 0.15) is 0 Å². The number of anilines is 1. The largest absolute Gasteiger partial charge is 0.481 e. The number of halogens is 1. The third-order valence-electron chi connectivity index (χ3n) is 7.61. The highest BCUT2D eigenvalue weighted by molar-refractivity contribution is 5.95. The fourth-order valence-corrected chi connectivity index (χ4v) is 5.78. The van der Waals surface area contributed by atoms with Gasteiger partial charge in [0.25, 0.3) is 0 Å². The molecular formula is C25H38ClN3O3. The lowest BCUT2D eigenvalue weighted by Gasteiger charge is -2.40. The van der Waals surface area contributed by atoms with Crippen molar-refractivity contribution in [2.45, 2.75) is 76.8 Å². The standard InChI is InChI=1S/C25H37N3O3.ClH/c1-25(2)17-27(22-10-7-19-12-14-26(3)15-13-20(19)16-22)24(31)28(25)21-8-4-18(5-9-21)6-11-23(29)30;/h7,10,16,18,21H,4-6,8-9,11-15,17H2,1-3H3,(H,29,30);1H. The van der Waals surface area contributed by atoms with E-state index in [1.54, 1.807) is 0 Å². The van der Waals surface area contributed by atoms with Crippen molar-refractivity contribution in [3.63, 3.8) is 0 Å². The van der Waals surface area contributed by atoms with Crippen molar-refractivity contribution in [1.82, 2.24) is 9.80 Å². The molecule has 1 saturated carbocycles. The second kappa shape index (κ2) is 10.0. The normalized spacial score (nSPS) is 25.8. The lowest BCUT2D eigenvalue weighted by Crippen LogP contribution is -2.50. The van der Waals surface area contributed by atoms with Crippen molar-refractivity contribution >= 4 is 30.1 Å². The Bertz CT molecular complexity index is 836. The SMILES string of the molecule is CN1CCc2ccc(N3CC(C)(C)N(C4CCC(CCC(=O)O)CC4)C3=O)cc2CC1.Cl. The van der Waals surface area contributed by atoms with Crippen molar-refractivity contribution < 1.29 is 14.7 Å². The van der Waals surface area contributed by atoms with Gasteiger partial charge in [0.05, 0.1) is 12.1 Å². The molecule has 2 fully saturated rings. The maximum absolute atomic E-state index is 13.6. The van der Waals surface area contributed by atoms with Gasteiger partial charge in [-0.15, -0.1) is 12.4 Å². The highest BCUT2D eigenvalue weighted by atomic mass is 35.5. The summed E-state index contributed by atoms with van der Waals surface area (Å²) in [5.41, 5.74) is 3.61. The minimum Gasteiger partial charge on any atom is -0.481 e. The average Bonchev–Trinajstić information content (AvgIpc) is 2.86. The summed E-state index contributed by atoms with van der Waals surface area (Å²) >= 11 is 0. The number of carboxylic acids is 1. The molecule has 2 amide bonds. The van der Waals surface area contributed by atoms with Crippen LogP contribution < -0.4 is 4.90 Å². The van der Waals surface area contributed by atoms with E-state index in [1.165, 1.54) is 11.1 Å². The van der Waals surface area contributed by atoms with Crippen molar-refractivity contribution in [1.29, 1.82) is 0 Å². The zero-order chi connectivity index (χ0) is 22.2. The molecule has 1 saturated heterocycles. The molecule has 0 aromatic heterocycles. The van der Waals surface area contributed by atoms with E-state index >= 15 is 0 Å². The molecule has 0 unspecified atom stereocenters. The summed E-state index contributed by atoms with van der Waals surface area (Å²) in [7, 11) is 2.17. The number of urea groups is 1. The lowest BCUT2D eigenvalue weighted by atomic mass is 9.82. The molecule has 0 bridgehead atoms. The predicted octanol–water partition coefficient (Wildman–Crippen LogP) is 4.58. The molecule has 32 heavy (non-hydrogen) atoms. The fourth-order valence-electron chi connectivity index (χ4n) is 5.78. The fraction of sp³-hybridized carbons (Fsp3) is 0.680. The van der Waals surface area contributed by atoms with Gasteiger partial charge in [-0.1, -0.05) is 6.07 Å². The Balaban J connectivity index is 0.00000289. The van der Waals surface area contributed by atoms with Gasteiger partial charge in [-0.3, -0.25) is 9.69 Å². The maximum Gasteiger partial charge on any atom is 0.325 e.